The van der Waals surface area contributed by atoms with Gasteiger partial charge >= 0.3 is 6.09 Å². The molecule has 1 aromatic carbocycles. The van der Waals surface area contributed by atoms with Gasteiger partial charge in [-0.1, -0.05) is 12.2 Å². The van der Waals surface area contributed by atoms with Crippen molar-refractivity contribution < 1.29 is 9.53 Å². The zero-order valence-electron chi connectivity index (χ0n) is 17.9. The number of nitrogens with one attached hydrogen (secondary N) is 2. The summed E-state index contributed by atoms with van der Waals surface area (Å²) in [5.41, 5.74) is 5.08. The van der Waals surface area contributed by atoms with Gasteiger partial charge in [0.2, 0.25) is 0 Å². The van der Waals surface area contributed by atoms with E-state index in [1.54, 1.807) is 17.3 Å². The van der Waals surface area contributed by atoms with Crippen LogP contribution in [0.2, 0.25) is 0 Å². The van der Waals surface area contributed by atoms with E-state index >= 15 is 0 Å². The van der Waals surface area contributed by atoms with Crippen LogP contribution in [0.4, 0.5) is 16.2 Å². The molecule has 1 saturated heterocycles. The number of aromatic amines is 1. The van der Waals surface area contributed by atoms with Crippen molar-refractivity contribution in [1.82, 2.24) is 14.9 Å². The first-order chi connectivity index (χ1) is 15.7. The third kappa shape index (κ3) is 4.89. The molecule has 0 spiro atoms. The van der Waals surface area contributed by atoms with Gasteiger partial charge in [0.15, 0.2) is 0 Å². The number of carbonyl (C=O) groups is 1. The molecule has 8 heteroatoms. The Morgan fingerprint density at radius 3 is 3.00 bits per heavy atom. The number of hydrogen-bond donors (Lipinski definition) is 2. The Hall–Kier alpha value is -3.44. The average Bonchev–Trinajstić information content (AvgIpc) is 3.31. The van der Waals surface area contributed by atoms with Gasteiger partial charge in [0.05, 0.1) is 17.9 Å². The van der Waals surface area contributed by atoms with Crippen LogP contribution in [0.3, 0.4) is 0 Å². The van der Waals surface area contributed by atoms with E-state index in [0.29, 0.717) is 24.3 Å². The number of ether oxygens (including phenoxy) is 1. The van der Waals surface area contributed by atoms with Gasteiger partial charge < -0.3 is 19.9 Å². The number of benzene rings is 1. The molecule has 0 aliphatic carbocycles. The van der Waals surface area contributed by atoms with Crippen molar-refractivity contribution in [1.29, 1.82) is 5.26 Å². The second-order valence-electron chi connectivity index (χ2n) is 7.47. The van der Waals surface area contributed by atoms with Crippen LogP contribution >= 0.6 is 11.8 Å². The summed E-state index contributed by atoms with van der Waals surface area (Å²) in [7, 11) is 0. The SMILES string of the molecule is Cc1c(Nc2c(C#N)cncc2/C=C/CCOC(=O)N2CCSCC2)ccc2[nH]ccc12. The lowest BCUT2D eigenvalue weighted by Crippen LogP contribution is -2.38. The Labute approximate surface area is 191 Å². The van der Waals surface area contributed by atoms with E-state index in [4.69, 9.17) is 4.74 Å². The largest absolute Gasteiger partial charge is 0.449 e. The minimum absolute atomic E-state index is 0.246. The number of nitriles is 1. The Morgan fingerprint density at radius 1 is 1.34 bits per heavy atom. The fraction of sp³-hybridized carbons (Fsp3) is 0.292. The lowest BCUT2D eigenvalue weighted by atomic mass is 10.1. The molecular weight excluding hydrogens is 422 g/mol. The van der Waals surface area contributed by atoms with Gasteiger partial charge in [-0.2, -0.15) is 17.0 Å². The number of aromatic nitrogens is 2. The van der Waals surface area contributed by atoms with Crippen molar-refractivity contribution in [3.8, 4) is 6.07 Å². The second kappa shape index (κ2) is 10.2. The number of rotatable bonds is 6. The van der Waals surface area contributed by atoms with Gasteiger partial charge in [0.1, 0.15) is 6.07 Å². The number of fused-ring (bicyclic) bond motifs is 1. The second-order valence-corrected chi connectivity index (χ2v) is 8.69. The number of anilines is 2. The predicted octanol–water partition coefficient (Wildman–Crippen LogP) is 5.08. The third-order valence-corrected chi connectivity index (χ3v) is 6.38. The molecule has 1 amide bonds. The zero-order valence-corrected chi connectivity index (χ0v) is 18.7. The van der Waals surface area contributed by atoms with E-state index < -0.39 is 0 Å². The highest BCUT2D eigenvalue weighted by Crippen LogP contribution is 2.30. The van der Waals surface area contributed by atoms with Crippen LogP contribution in [-0.2, 0) is 4.74 Å². The molecule has 0 unspecified atom stereocenters. The Bertz CT molecular complexity index is 1170. The average molecular weight is 448 g/mol. The summed E-state index contributed by atoms with van der Waals surface area (Å²) in [4.78, 5) is 21.3. The minimum Gasteiger partial charge on any atom is -0.449 e. The molecule has 2 aromatic heterocycles. The third-order valence-electron chi connectivity index (χ3n) is 5.44. The van der Waals surface area contributed by atoms with Crippen LogP contribution in [0.5, 0.6) is 0 Å². The first-order valence-electron chi connectivity index (χ1n) is 10.5. The zero-order chi connectivity index (χ0) is 22.3. The molecule has 4 rings (SSSR count). The summed E-state index contributed by atoms with van der Waals surface area (Å²) >= 11 is 1.86. The molecule has 0 atom stereocenters. The summed E-state index contributed by atoms with van der Waals surface area (Å²) in [6, 6.07) is 8.28. The molecule has 1 aliphatic rings. The highest BCUT2D eigenvalue weighted by molar-refractivity contribution is 7.99. The van der Waals surface area contributed by atoms with E-state index in [1.807, 2.05) is 48.3 Å². The standard InChI is InChI=1S/C24H25N5O2S/c1-17-20-7-8-27-22(20)6-5-21(17)28-23-18(15-26-16-19(23)14-25)4-2-3-11-31-24(30)29-9-12-32-13-10-29/h2,4-8,15-16,27H,3,9-13H2,1H3,(H,26,28)/b4-2+. The maximum absolute atomic E-state index is 12.1. The molecule has 3 heterocycles. The van der Waals surface area contributed by atoms with Gasteiger partial charge in [0.25, 0.3) is 0 Å². The highest BCUT2D eigenvalue weighted by Gasteiger charge is 2.17. The van der Waals surface area contributed by atoms with E-state index in [-0.39, 0.29) is 6.09 Å². The lowest BCUT2D eigenvalue weighted by molar-refractivity contribution is 0.108. The molecule has 1 aliphatic heterocycles. The van der Waals surface area contributed by atoms with E-state index in [2.05, 4.69) is 28.3 Å². The summed E-state index contributed by atoms with van der Waals surface area (Å²) in [6.07, 6.45) is 9.38. The number of carbonyl (C=O) groups excluding carboxylic acids is 1. The summed E-state index contributed by atoms with van der Waals surface area (Å²) in [5.74, 6) is 1.92. The molecule has 1 fully saturated rings. The number of pyridine rings is 1. The minimum atomic E-state index is -0.246. The summed E-state index contributed by atoms with van der Waals surface area (Å²) in [6.45, 7) is 3.86. The molecule has 3 aromatic rings. The van der Waals surface area contributed by atoms with Crippen LogP contribution in [0.1, 0.15) is 23.1 Å². The van der Waals surface area contributed by atoms with Crippen molar-refractivity contribution in [2.24, 2.45) is 0 Å². The maximum Gasteiger partial charge on any atom is 0.409 e. The van der Waals surface area contributed by atoms with Crippen LogP contribution in [-0.4, -0.2) is 52.2 Å². The summed E-state index contributed by atoms with van der Waals surface area (Å²) in [5, 5.41) is 14.2. The normalized spacial score (nSPS) is 13.9. The van der Waals surface area contributed by atoms with Crippen molar-refractivity contribution in [3.63, 3.8) is 0 Å². The van der Waals surface area contributed by atoms with Crippen LogP contribution in [0.15, 0.2) is 42.9 Å². The molecule has 2 N–H and O–H groups in total. The van der Waals surface area contributed by atoms with Gasteiger partial charge in [-0.15, -0.1) is 0 Å². The maximum atomic E-state index is 12.1. The molecular formula is C24H25N5O2S. The van der Waals surface area contributed by atoms with E-state index in [1.165, 1.54) is 0 Å². The molecule has 0 saturated carbocycles. The molecule has 7 nitrogen and oxygen atoms in total. The van der Waals surface area contributed by atoms with Crippen LogP contribution < -0.4 is 5.32 Å². The molecule has 0 radical (unpaired) electrons. The fourth-order valence-electron chi connectivity index (χ4n) is 3.64. The molecule has 32 heavy (non-hydrogen) atoms. The van der Waals surface area contributed by atoms with Crippen molar-refractivity contribution in [2.75, 3.05) is 36.5 Å². The Kier molecular flexibility index (Phi) is 6.97. The monoisotopic (exact) mass is 447 g/mol. The molecule has 0 bridgehead atoms. The predicted molar refractivity (Wildman–Crippen MR) is 129 cm³/mol. The quantitative estimate of drug-likeness (QED) is 0.512. The van der Waals surface area contributed by atoms with Gasteiger partial charge in [-0.25, -0.2) is 4.79 Å². The number of thioether (sulfide) groups is 1. The lowest BCUT2D eigenvalue weighted by Gasteiger charge is -2.25. The van der Waals surface area contributed by atoms with E-state index in [0.717, 1.165) is 52.3 Å². The van der Waals surface area contributed by atoms with Gasteiger partial charge in [-0.05, 0) is 37.1 Å². The Balaban J connectivity index is 1.44. The number of nitrogens with zero attached hydrogens (tertiary/aromatic N) is 3. The van der Waals surface area contributed by atoms with Crippen molar-refractivity contribution in [3.05, 3.63) is 59.6 Å². The number of hydrogen-bond acceptors (Lipinski definition) is 6. The summed E-state index contributed by atoms with van der Waals surface area (Å²) < 4.78 is 5.38. The number of aryl methyl sites for hydroxylation is 1. The smallest absolute Gasteiger partial charge is 0.409 e. The van der Waals surface area contributed by atoms with Gasteiger partial charge in [-0.3, -0.25) is 4.98 Å². The van der Waals surface area contributed by atoms with Crippen LogP contribution in [0, 0.1) is 18.3 Å². The van der Waals surface area contributed by atoms with Crippen molar-refractivity contribution in [2.45, 2.75) is 13.3 Å². The number of amides is 1. The number of H-pyrrole nitrogens is 1. The molecule has 164 valence electrons. The first-order valence-corrected chi connectivity index (χ1v) is 11.7. The van der Waals surface area contributed by atoms with E-state index in [9.17, 15) is 10.1 Å². The fourth-order valence-corrected chi connectivity index (χ4v) is 4.55. The highest BCUT2D eigenvalue weighted by atomic mass is 32.2. The van der Waals surface area contributed by atoms with Gasteiger partial charge in [0, 0.05) is 65.3 Å². The van der Waals surface area contributed by atoms with Crippen molar-refractivity contribution >= 4 is 46.2 Å². The topological polar surface area (TPSA) is 94.0 Å². The Morgan fingerprint density at radius 2 is 2.19 bits per heavy atom. The van der Waals surface area contributed by atoms with Crippen LogP contribution in [0.25, 0.3) is 17.0 Å². The first kappa shape index (κ1) is 21.8.